The topological polar surface area (TPSA) is 64.4 Å². The average molecular weight is 246 g/mol. The van der Waals surface area contributed by atoms with Gasteiger partial charge in [0.2, 0.25) is 0 Å². The molecule has 1 aromatic rings. The number of hydrogen-bond acceptors (Lipinski definition) is 5. The molecule has 0 aliphatic carbocycles. The van der Waals surface area contributed by atoms with Crippen molar-refractivity contribution in [2.24, 2.45) is 0 Å². The van der Waals surface area contributed by atoms with Crippen molar-refractivity contribution in [2.75, 3.05) is 6.54 Å². The average Bonchev–Trinajstić information content (AvgIpc) is 2.73. The van der Waals surface area contributed by atoms with Gasteiger partial charge in [-0.2, -0.15) is 8.78 Å². The fraction of sp³-hybridized carbons (Fsp3) is 0.600. The number of cyclic esters (lactones) is 1. The van der Waals surface area contributed by atoms with Crippen LogP contribution >= 0.6 is 0 Å². The fourth-order valence-corrected chi connectivity index (χ4v) is 1.62. The van der Waals surface area contributed by atoms with E-state index in [1.54, 1.807) is 13.0 Å². The van der Waals surface area contributed by atoms with Crippen molar-refractivity contribution >= 4 is 5.97 Å². The molecule has 0 amide bonds. The first-order valence-electron chi connectivity index (χ1n) is 5.19. The van der Waals surface area contributed by atoms with Gasteiger partial charge in [-0.3, -0.25) is 0 Å². The monoisotopic (exact) mass is 246 g/mol. The number of aryl methyl sites for hydroxylation is 1. The van der Waals surface area contributed by atoms with Crippen molar-refractivity contribution in [2.45, 2.75) is 31.9 Å². The quantitative estimate of drug-likeness (QED) is 0.804. The zero-order valence-electron chi connectivity index (χ0n) is 9.20. The Kier molecular flexibility index (Phi) is 3.10. The third-order valence-electron chi connectivity index (χ3n) is 2.41. The van der Waals surface area contributed by atoms with Crippen LogP contribution in [0, 0.1) is 6.92 Å². The van der Waals surface area contributed by atoms with Gasteiger partial charge < -0.3 is 14.6 Å². The Morgan fingerprint density at radius 3 is 2.94 bits per heavy atom. The number of carbonyl (C=O) groups is 1. The number of esters is 1. The van der Waals surface area contributed by atoms with E-state index in [0.29, 0.717) is 18.0 Å². The Bertz CT molecular complexity index is 419. The highest BCUT2D eigenvalue weighted by atomic mass is 19.3. The maximum atomic E-state index is 12.8. The number of alkyl halides is 2. The molecule has 1 saturated heterocycles. The zero-order valence-corrected chi connectivity index (χ0v) is 9.20. The molecule has 1 unspecified atom stereocenters. The molecule has 0 spiro atoms. The lowest BCUT2D eigenvalue weighted by Crippen LogP contribution is -2.26. The number of halogens is 2. The van der Waals surface area contributed by atoms with Crippen molar-refractivity contribution in [3.8, 4) is 0 Å². The molecule has 1 aliphatic heterocycles. The smallest absolute Gasteiger partial charge is 0.377 e. The summed E-state index contributed by atoms with van der Waals surface area (Å²) in [6.45, 7) is 2.32. The number of rotatable bonds is 4. The molecule has 1 aliphatic rings. The van der Waals surface area contributed by atoms with Crippen LogP contribution in [0.1, 0.15) is 17.9 Å². The van der Waals surface area contributed by atoms with Gasteiger partial charge in [0.25, 0.3) is 0 Å². The van der Waals surface area contributed by atoms with Gasteiger partial charge >= 0.3 is 11.9 Å². The summed E-state index contributed by atoms with van der Waals surface area (Å²) < 4.78 is 35.0. The standard InChI is InChI=1S/C10H12F2N2O3/c1-6-2-7(14-17-6)4-13-5-8-3-10(11,12)9(15)16-8/h2,8,13H,3-5H2,1H3. The molecular formula is C10H12F2N2O3. The maximum absolute atomic E-state index is 12.8. The van der Waals surface area contributed by atoms with Crippen molar-refractivity contribution in [1.82, 2.24) is 10.5 Å². The van der Waals surface area contributed by atoms with Gasteiger partial charge in [-0.15, -0.1) is 0 Å². The SMILES string of the molecule is Cc1cc(CNCC2CC(F)(F)C(=O)O2)no1. The fourth-order valence-electron chi connectivity index (χ4n) is 1.62. The first-order valence-corrected chi connectivity index (χ1v) is 5.19. The van der Waals surface area contributed by atoms with E-state index >= 15 is 0 Å². The summed E-state index contributed by atoms with van der Waals surface area (Å²) >= 11 is 0. The summed E-state index contributed by atoms with van der Waals surface area (Å²) in [6.07, 6.45) is -1.36. The molecule has 0 aromatic carbocycles. The molecule has 7 heteroatoms. The lowest BCUT2D eigenvalue weighted by atomic mass is 10.2. The van der Waals surface area contributed by atoms with Gasteiger partial charge in [0, 0.05) is 19.2 Å². The Labute approximate surface area is 96.1 Å². The first-order chi connectivity index (χ1) is 7.97. The van der Waals surface area contributed by atoms with E-state index in [2.05, 4.69) is 15.2 Å². The minimum Gasteiger partial charge on any atom is -0.456 e. The highest BCUT2D eigenvalue weighted by Gasteiger charge is 2.50. The molecule has 2 heterocycles. The second-order valence-corrected chi connectivity index (χ2v) is 4.00. The van der Waals surface area contributed by atoms with Gasteiger partial charge in [-0.05, 0) is 6.92 Å². The molecule has 0 bridgehead atoms. The van der Waals surface area contributed by atoms with Gasteiger partial charge in [0.05, 0.1) is 12.1 Å². The molecule has 1 atom stereocenters. The highest BCUT2D eigenvalue weighted by molar-refractivity contribution is 5.79. The second kappa shape index (κ2) is 4.40. The van der Waals surface area contributed by atoms with Crippen molar-refractivity contribution in [3.63, 3.8) is 0 Å². The minimum absolute atomic E-state index is 0.174. The summed E-state index contributed by atoms with van der Waals surface area (Å²) in [6, 6.07) is 1.74. The normalized spacial score (nSPS) is 22.8. The summed E-state index contributed by atoms with van der Waals surface area (Å²) in [5.41, 5.74) is 0.679. The Morgan fingerprint density at radius 2 is 2.41 bits per heavy atom. The number of carbonyl (C=O) groups excluding carboxylic acids is 1. The van der Waals surface area contributed by atoms with Gasteiger partial charge in [0.15, 0.2) is 0 Å². The molecule has 1 N–H and O–H groups in total. The molecule has 0 saturated carbocycles. The lowest BCUT2D eigenvalue weighted by Gasteiger charge is -2.08. The van der Waals surface area contributed by atoms with Crippen LogP contribution in [0.3, 0.4) is 0 Å². The largest absolute Gasteiger partial charge is 0.456 e. The van der Waals surface area contributed by atoms with Crippen LogP contribution in [0.4, 0.5) is 8.78 Å². The molecule has 94 valence electrons. The molecule has 0 radical (unpaired) electrons. The van der Waals surface area contributed by atoms with E-state index in [4.69, 9.17) is 4.52 Å². The van der Waals surface area contributed by atoms with E-state index in [1.807, 2.05) is 0 Å². The van der Waals surface area contributed by atoms with Crippen molar-refractivity contribution in [1.29, 1.82) is 0 Å². The van der Waals surface area contributed by atoms with Crippen LogP contribution in [0.2, 0.25) is 0 Å². The van der Waals surface area contributed by atoms with Crippen LogP contribution in [0.15, 0.2) is 10.6 Å². The molecular weight excluding hydrogens is 234 g/mol. The van der Waals surface area contributed by atoms with E-state index in [1.165, 1.54) is 0 Å². The Morgan fingerprint density at radius 1 is 1.65 bits per heavy atom. The van der Waals surface area contributed by atoms with E-state index in [-0.39, 0.29) is 6.54 Å². The first kappa shape index (κ1) is 12.0. The van der Waals surface area contributed by atoms with Crippen molar-refractivity contribution < 1.29 is 22.8 Å². The molecule has 17 heavy (non-hydrogen) atoms. The van der Waals surface area contributed by atoms with Crippen molar-refractivity contribution in [3.05, 3.63) is 17.5 Å². The number of hydrogen-bond donors (Lipinski definition) is 1. The van der Waals surface area contributed by atoms with E-state index < -0.39 is 24.4 Å². The van der Waals surface area contributed by atoms with Gasteiger partial charge in [0.1, 0.15) is 11.9 Å². The van der Waals surface area contributed by atoms with Crippen LogP contribution in [-0.4, -0.2) is 29.7 Å². The summed E-state index contributed by atoms with van der Waals surface area (Å²) in [4.78, 5) is 10.7. The number of nitrogens with zero attached hydrogens (tertiary/aromatic N) is 1. The lowest BCUT2D eigenvalue weighted by molar-refractivity contribution is -0.159. The minimum atomic E-state index is -3.35. The van der Waals surface area contributed by atoms with Crippen LogP contribution < -0.4 is 5.32 Å². The molecule has 5 nitrogen and oxygen atoms in total. The zero-order chi connectivity index (χ0) is 12.5. The maximum Gasteiger partial charge on any atom is 0.377 e. The Balaban J connectivity index is 1.75. The van der Waals surface area contributed by atoms with Gasteiger partial charge in [-0.1, -0.05) is 5.16 Å². The van der Waals surface area contributed by atoms with Crippen LogP contribution in [-0.2, 0) is 16.1 Å². The van der Waals surface area contributed by atoms with E-state index in [0.717, 1.165) is 0 Å². The third kappa shape index (κ3) is 2.79. The third-order valence-corrected chi connectivity index (χ3v) is 2.41. The number of nitrogens with one attached hydrogen (secondary N) is 1. The highest BCUT2D eigenvalue weighted by Crippen LogP contribution is 2.30. The Hall–Kier alpha value is -1.50. The van der Waals surface area contributed by atoms with Gasteiger partial charge in [-0.25, -0.2) is 4.79 Å². The van der Waals surface area contributed by atoms with Crippen LogP contribution in [0.25, 0.3) is 0 Å². The molecule has 1 aromatic heterocycles. The predicted octanol–water partition coefficient (Wildman–Crippen LogP) is 1.02. The summed E-state index contributed by atoms with van der Waals surface area (Å²) in [5.74, 6) is -4.11. The molecule has 1 fully saturated rings. The summed E-state index contributed by atoms with van der Waals surface area (Å²) in [5, 5.41) is 6.61. The molecule has 2 rings (SSSR count). The summed E-state index contributed by atoms with van der Waals surface area (Å²) in [7, 11) is 0. The van der Waals surface area contributed by atoms with Crippen LogP contribution in [0.5, 0.6) is 0 Å². The predicted molar refractivity (Wildman–Crippen MR) is 52.4 cm³/mol. The van der Waals surface area contributed by atoms with E-state index in [9.17, 15) is 13.6 Å². The second-order valence-electron chi connectivity index (χ2n) is 4.00. The number of ether oxygens (including phenoxy) is 1. The number of aromatic nitrogens is 1.